The topological polar surface area (TPSA) is 35.2 Å². The zero-order valence-corrected chi connectivity index (χ0v) is 12.9. The molecule has 0 heterocycles. The van der Waals surface area contributed by atoms with E-state index in [1.165, 1.54) is 11.1 Å². The van der Waals surface area contributed by atoms with Crippen molar-refractivity contribution in [3.05, 3.63) is 29.3 Å². The predicted octanol–water partition coefficient (Wildman–Crippen LogP) is 4.09. The molecule has 0 fully saturated rings. The number of ether oxygens (including phenoxy) is 1. The van der Waals surface area contributed by atoms with Crippen molar-refractivity contribution in [2.45, 2.75) is 59.4 Å². The molecule has 108 valence electrons. The molecule has 19 heavy (non-hydrogen) atoms. The maximum Gasteiger partial charge on any atom is 0.122 e. The fourth-order valence-corrected chi connectivity index (χ4v) is 2.12. The lowest BCUT2D eigenvalue weighted by Gasteiger charge is -2.16. The van der Waals surface area contributed by atoms with Crippen LogP contribution in [0.2, 0.25) is 0 Å². The van der Waals surface area contributed by atoms with Crippen molar-refractivity contribution in [3.8, 4) is 5.75 Å². The highest BCUT2D eigenvalue weighted by Crippen LogP contribution is 2.23. The molecule has 1 unspecified atom stereocenters. The molecule has 0 radical (unpaired) electrons. The van der Waals surface area contributed by atoms with Gasteiger partial charge >= 0.3 is 0 Å². The lowest BCUT2D eigenvalue weighted by molar-refractivity contribution is 0.313. The van der Waals surface area contributed by atoms with Gasteiger partial charge in [-0.25, -0.2) is 0 Å². The summed E-state index contributed by atoms with van der Waals surface area (Å²) in [6, 6.07) is 6.77. The maximum atomic E-state index is 6.10. The van der Waals surface area contributed by atoms with Gasteiger partial charge in [0.05, 0.1) is 6.61 Å². The fourth-order valence-electron chi connectivity index (χ4n) is 2.12. The monoisotopic (exact) mass is 263 g/mol. The van der Waals surface area contributed by atoms with Crippen LogP contribution in [0.3, 0.4) is 0 Å². The molecule has 1 atom stereocenters. The molecule has 0 saturated heterocycles. The highest BCUT2D eigenvalue weighted by molar-refractivity contribution is 5.37. The van der Waals surface area contributed by atoms with Crippen molar-refractivity contribution in [1.82, 2.24) is 0 Å². The van der Waals surface area contributed by atoms with Crippen LogP contribution in [-0.4, -0.2) is 12.6 Å². The van der Waals surface area contributed by atoms with E-state index < -0.39 is 0 Å². The number of rotatable bonds is 8. The normalized spacial score (nSPS) is 12.7. The molecule has 0 amide bonds. The Labute approximate surface area is 118 Å². The average molecular weight is 263 g/mol. The second-order valence-electron chi connectivity index (χ2n) is 5.76. The van der Waals surface area contributed by atoms with E-state index in [9.17, 15) is 0 Å². The zero-order valence-electron chi connectivity index (χ0n) is 12.9. The second-order valence-corrected chi connectivity index (χ2v) is 5.76. The molecular formula is C17H29NO. The van der Waals surface area contributed by atoms with Gasteiger partial charge in [-0.15, -0.1) is 0 Å². The fraction of sp³-hybridized carbons (Fsp3) is 0.647. The van der Waals surface area contributed by atoms with Gasteiger partial charge in [-0.3, -0.25) is 0 Å². The lowest BCUT2D eigenvalue weighted by atomic mass is 9.97. The highest BCUT2D eigenvalue weighted by atomic mass is 16.5. The van der Waals surface area contributed by atoms with E-state index in [0.29, 0.717) is 12.0 Å². The van der Waals surface area contributed by atoms with Crippen LogP contribution in [0.1, 0.15) is 51.2 Å². The van der Waals surface area contributed by atoms with E-state index in [-0.39, 0.29) is 0 Å². The van der Waals surface area contributed by atoms with Crippen molar-refractivity contribution in [3.63, 3.8) is 0 Å². The maximum absolute atomic E-state index is 6.10. The highest BCUT2D eigenvalue weighted by Gasteiger charge is 2.09. The summed E-state index contributed by atoms with van der Waals surface area (Å²) >= 11 is 0. The Bertz CT molecular complexity index is 374. The summed E-state index contributed by atoms with van der Waals surface area (Å²) in [5.41, 5.74) is 8.72. The molecule has 1 aromatic carbocycles. The lowest BCUT2D eigenvalue weighted by Crippen LogP contribution is -2.26. The third kappa shape index (κ3) is 5.65. The Morgan fingerprint density at radius 3 is 2.63 bits per heavy atom. The minimum atomic E-state index is 0.310. The number of nitrogens with two attached hydrogens (primary N) is 1. The molecule has 1 aromatic rings. The predicted molar refractivity (Wildman–Crippen MR) is 82.7 cm³/mol. The standard InChI is InChI=1S/C17H29NO/c1-5-11-19-17-10-9-14(4)12-15(17)7-6-8-16(18)13(2)3/h9-10,12-13,16H,5-8,11,18H2,1-4H3. The summed E-state index contributed by atoms with van der Waals surface area (Å²) < 4.78 is 5.82. The van der Waals surface area contributed by atoms with E-state index in [4.69, 9.17) is 10.5 Å². The summed E-state index contributed by atoms with van der Waals surface area (Å²) in [5, 5.41) is 0. The second kappa shape index (κ2) is 8.21. The van der Waals surface area contributed by atoms with Gasteiger partial charge in [-0.1, -0.05) is 38.5 Å². The summed E-state index contributed by atoms with van der Waals surface area (Å²) in [6.45, 7) is 9.43. The van der Waals surface area contributed by atoms with E-state index in [2.05, 4.69) is 45.9 Å². The van der Waals surface area contributed by atoms with Gasteiger partial charge in [-0.05, 0) is 50.2 Å². The van der Waals surface area contributed by atoms with Crippen LogP contribution in [0.5, 0.6) is 5.75 Å². The van der Waals surface area contributed by atoms with Gasteiger partial charge in [-0.2, -0.15) is 0 Å². The largest absolute Gasteiger partial charge is 0.493 e. The molecule has 0 aromatic heterocycles. The molecule has 0 aliphatic heterocycles. The van der Waals surface area contributed by atoms with Gasteiger partial charge < -0.3 is 10.5 Å². The molecule has 2 heteroatoms. The number of hydrogen-bond donors (Lipinski definition) is 1. The zero-order chi connectivity index (χ0) is 14.3. The van der Waals surface area contributed by atoms with Crippen LogP contribution in [0, 0.1) is 12.8 Å². The molecule has 0 spiro atoms. The van der Waals surface area contributed by atoms with Crippen LogP contribution in [0.15, 0.2) is 18.2 Å². The number of benzene rings is 1. The molecule has 0 saturated carbocycles. The molecule has 1 rings (SSSR count). The van der Waals surface area contributed by atoms with Crippen LogP contribution in [-0.2, 0) is 6.42 Å². The van der Waals surface area contributed by atoms with Crippen LogP contribution in [0.25, 0.3) is 0 Å². The third-order valence-corrected chi connectivity index (χ3v) is 3.52. The summed E-state index contributed by atoms with van der Waals surface area (Å²) in [6.07, 6.45) is 4.32. The SMILES string of the molecule is CCCOc1ccc(C)cc1CCCC(N)C(C)C. The summed E-state index contributed by atoms with van der Waals surface area (Å²) in [7, 11) is 0. The van der Waals surface area contributed by atoms with E-state index >= 15 is 0 Å². The Hall–Kier alpha value is -1.02. The molecule has 0 aliphatic rings. The quantitative estimate of drug-likeness (QED) is 0.766. The first kappa shape index (κ1) is 16.0. The van der Waals surface area contributed by atoms with Gasteiger partial charge in [0.2, 0.25) is 0 Å². The van der Waals surface area contributed by atoms with E-state index in [1.807, 2.05) is 0 Å². The summed E-state index contributed by atoms with van der Waals surface area (Å²) in [5.74, 6) is 1.61. The van der Waals surface area contributed by atoms with Crippen molar-refractivity contribution >= 4 is 0 Å². The Morgan fingerprint density at radius 2 is 2.00 bits per heavy atom. The first-order chi connectivity index (χ1) is 9.04. The first-order valence-corrected chi connectivity index (χ1v) is 7.52. The van der Waals surface area contributed by atoms with Gasteiger partial charge in [0.1, 0.15) is 5.75 Å². The molecule has 0 bridgehead atoms. The van der Waals surface area contributed by atoms with Crippen LogP contribution >= 0.6 is 0 Å². The summed E-state index contributed by atoms with van der Waals surface area (Å²) in [4.78, 5) is 0. The number of aryl methyl sites for hydroxylation is 2. The smallest absolute Gasteiger partial charge is 0.122 e. The van der Waals surface area contributed by atoms with Gasteiger partial charge in [0, 0.05) is 6.04 Å². The van der Waals surface area contributed by atoms with E-state index in [0.717, 1.165) is 38.0 Å². The molecule has 2 N–H and O–H groups in total. The van der Waals surface area contributed by atoms with Gasteiger partial charge in [0.25, 0.3) is 0 Å². The Balaban J connectivity index is 2.57. The Morgan fingerprint density at radius 1 is 1.26 bits per heavy atom. The van der Waals surface area contributed by atoms with Crippen molar-refractivity contribution in [2.24, 2.45) is 11.7 Å². The third-order valence-electron chi connectivity index (χ3n) is 3.52. The minimum Gasteiger partial charge on any atom is -0.493 e. The van der Waals surface area contributed by atoms with Gasteiger partial charge in [0.15, 0.2) is 0 Å². The molecule has 2 nitrogen and oxygen atoms in total. The van der Waals surface area contributed by atoms with Crippen LogP contribution < -0.4 is 10.5 Å². The average Bonchev–Trinajstić information content (AvgIpc) is 2.37. The van der Waals surface area contributed by atoms with Crippen molar-refractivity contribution in [1.29, 1.82) is 0 Å². The molecular weight excluding hydrogens is 234 g/mol. The van der Waals surface area contributed by atoms with E-state index in [1.54, 1.807) is 0 Å². The Kier molecular flexibility index (Phi) is 6.93. The first-order valence-electron chi connectivity index (χ1n) is 7.52. The molecule has 0 aliphatic carbocycles. The van der Waals surface area contributed by atoms with Crippen molar-refractivity contribution < 1.29 is 4.74 Å². The van der Waals surface area contributed by atoms with Crippen LogP contribution in [0.4, 0.5) is 0 Å². The number of hydrogen-bond acceptors (Lipinski definition) is 2. The van der Waals surface area contributed by atoms with Crippen molar-refractivity contribution in [2.75, 3.05) is 6.61 Å². The minimum absolute atomic E-state index is 0.310.